The van der Waals surface area contributed by atoms with E-state index in [9.17, 15) is 0 Å². The van der Waals surface area contributed by atoms with Crippen LogP contribution >= 0.6 is 0 Å². The van der Waals surface area contributed by atoms with Gasteiger partial charge in [0.1, 0.15) is 5.75 Å². The number of benzene rings is 1. The molecule has 0 spiro atoms. The highest BCUT2D eigenvalue weighted by molar-refractivity contribution is 5.88. The molecule has 0 saturated carbocycles. The molecule has 0 radical (unpaired) electrons. The maximum Gasteiger partial charge on any atom is 0.142 e. The Kier molecular flexibility index (Phi) is 2.20. The fraction of sp³-hybridized carbons (Fsp3) is 0.333. The lowest BCUT2D eigenvalue weighted by molar-refractivity contribution is 0.419. The number of fused-ring (bicyclic) bond motifs is 1. The van der Waals surface area contributed by atoms with E-state index in [2.05, 4.69) is 31.1 Å². The van der Waals surface area contributed by atoms with Crippen LogP contribution in [-0.2, 0) is 0 Å². The first-order valence-corrected chi connectivity index (χ1v) is 4.88. The van der Waals surface area contributed by atoms with Crippen molar-refractivity contribution in [2.75, 3.05) is 7.11 Å². The van der Waals surface area contributed by atoms with Crippen molar-refractivity contribution in [3.63, 3.8) is 0 Å². The van der Waals surface area contributed by atoms with Crippen molar-refractivity contribution in [3.05, 3.63) is 30.0 Å². The lowest BCUT2D eigenvalue weighted by atomic mass is 10.0. The predicted molar refractivity (Wildman–Crippen MR) is 58.9 cm³/mol. The van der Waals surface area contributed by atoms with Crippen molar-refractivity contribution in [3.8, 4) is 5.75 Å². The van der Waals surface area contributed by atoms with Gasteiger partial charge < -0.3 is 9.72 Å². The molecule has 0 fully saturated rings. The maximum atomic E-state index is 5.29. The maximum absolute atomic E-state index is 5.29. The van der Waals surface area contributed by atoms with Gasteiger partial charge in [0.25, 0.3) is 0 Å². The van der Waals surface area contributed by atoms with Crippen LogP contribution in [0.3, 0.4) is 0 Å². The van der Waals surface area contributed by atoms with Crippen LogP contribution in [0.2, 0.25) is 0 Å². The second-order valence-corrected chi connectivity index (χ2v) is 3.78. The molecule has 0 aliphatic carbocycles. The van der Waals surface area contributed by atoms with Gasteiger partial charge in [0, 0.05) is 11.6 Å². The minimum Gasteiger partial charge on any atom is -0.495 e. The Balaban J connectivity index is 2.69. The Morgan fingerprint density at radius 2 is 2.07 bits per heavy atom. The van der Waals surface area contributed by atoms with Gasteiger partial charge in [-0.05, 0) is 17.5 Å². The number of para-hydroxylation sites is 1. The van der Waals surface area contributed by atoms with Crippen molar-refractivity contribution in [2.45, 2.75) is 19.8 Å². The smallest absolute Gasteiger partial charge is 0.142 e. The topological polar surface area (TPSA) is 25.0 Å². The monoisotopic (exact) mass is 189 g/mol. The summed E-state index contributed by atoms with van der Waals surface area (Å²) < 4.78 is 5.29. The second kappa shape index (κ2) is 3.37. The summed E-state index contributed by atoms with van der Waals surface area (Å²) in [6.45, 7) is 4.39. The number of aromatic amines is 1. The summed E-state index contributed by atoms with van der Waals surface area (Å²) in [6, 6.07) is 6.13. The van der Waals surface area contributed by atoms with Crippen LogP contribution in [0.25, 0.3) is 10.9 Å². The van der Waals surface area contributed by atoms with Crippen LogP contribution in [0, 0.1) is 0 Å². The predicted octanol–water partition coefficient (Wildman–Crippen LogP) is 3.30. The highest BCUT2D eigenvalue weighted by Crippen LogP contribution is 2.30. The third kappa shape index (κ3) is 1.27. The van der Waals surface area contributed by atoms with Gasteiger partial charge in [0.2, 0.25) is 0 Å². The molecular formula is C12H15NO. The molecule has 1 aromatic carbocycles. The minimum atomic E-state index is 0.538. The first-order valence-electron chi connectivity index (χ1n) is 4.88. The number of aromatic nitrogens is 1. The van der Waals surface area contributed by atoms with Crippen molar-refractivity contribution in [1.29, 1.82) is 0 Å². The Labute approximate surface area is 83.9 Å². The third-order valence-corrected chi connectivity index (χ3v) is 2.55. The summed E-state index contributed by atoms with van der Waals surface area (Å²) in [5.41, 5.74) is 2.44. The molecular weight excluding hydrogens is 174 g/mol. The lowest BCUT2D eigenvalue weighted by Gasteiger charge is -2.04. The van der Waals surface area contributed by atoms with Crippen LogP contribution in [-0.4, -0.2) is 12.1 Å². The lowest BCUT2D eigenvalue weighted by Crippen LogP contribution is -1.85. The number of hydrogen-bond acceptors (Lipinski definition) is 1. The Bertz CT molecular complexity index is 443. The summed E-state index contributed by atoms with van der Waals surface area (Å²) in [5, 5.41) is 1.26. The highest BCUT2D eigenvalue weighted by Gasteiger charge is 2.09. The van der Waals surface area contributed by atoms with Crippen molar-refractivity contribution in [2.24, 2.45) is 0 Å². The largest absolute Gasteiger partial charge is 0.495 e. The number of nitrogens with one attached hydrogen (secondary N) is 1. The van der Waals surface area contributed by atoms with E-state index in [1.54, 1.807) is 7.11 Å². The molecule has 2 nitrogen and oxygen atoms in total. The number of rotatable bonds is 2. The van der Waals surface area contributed by atoms with E-state index in [4.69, 9.17) is 4.74 Å². The summed E-state index contributed by atoms with van der Waals surface area (Å²) in [4.78, 5) is 3.26. The average Bonchev–Trinajstić information content (AvgIpc) is 2.60. The van der Waals surface area contributed by atoms with Gasteiger partial charge in [0.05, 0.1) is 12.6 Å². The first-order chi connectivity index (χ1) is 6.74. The SMILES string of the molecule is COc1cccc2c(C(C)C)c[nH]c12. The molecule has 0 atom stereocenters. The standard InChI is InChI=1S/C12H15NO/c1-8(2)10-7-13-12-9(10)5-4-6-11(12)14-3/h4-8,13H,1-3H3. The quantitative estimate of drug-likeness (QED) is 0.770. The van der Waals surface area contributed by atoms with E-state index in [1.807, 2.05) is 12.1 Å². The average molecular weight is 189 g/mol. The molecule has 0 bridgehead atoms. The number of hydrogen-bond donors (Lipinski definition) is 1. The zero-order valence-corrected chi connectivity index (χ0v) is 8.79. The zero-order valence-electron chi connectivity index (χ0n) is 8.79. The van der Waals surface area contributed by atoms with E-state index in [-0.39, 0.29) is 0 Å². The van der Waals surface area contributed by atoms with E-state index < -0.39 is 0 Å². The molecule has 0 aliphatic heterocycles. The Morgan fingerprint density at radius 1 is 1.29 bits per heavy atom. The zero-order chi connectivity index (χ0) is 10.1. The molecule has 74 valence electrons. The van der Waals surface area contributed by atoms with Crippen LogP contribution in [0.1, 0.15) is 25.3 Å². The minimum absolute atomic E-state index is 0.538. The molecule has 1 N–H and O–H groups in total. The summed E-state index contributed by atoms with van der Waals surface area (Å²) >= 11 is 0. The third-order valence-electron chi connectivity index (χ3n) is 2.55. The number of H-pyrrole nitrogens is 1. The molecule has 14 heavy (non-hydrogen) atoms. The van der Waals surface area contributed by atoms with Gasteiger partial charge >= 0.3 is 0 Å². The van der Waals surface area contributed by atoms with E-state index in [1.165, 1.54) is 10.9 Å². The molecule has 2 aromatic rings. The number of methoxy groups -OCH3 is 1. The van der Waals surface area contributed by atoms with Gasteiger partial charge in [-0.25, -0.2) is 0 Å². The molecule has 2 rings (SSSR count). The van der Waals surface area contributed by atoms with Gasteiger partial charge in [0.15, 0.2) is 0 Å². The van der Waals surface area contributed by atoms with E-state index in [0.717, 1.165) is 11.3 Å². The normalized spacial score (nSPS) is 11.1. The van der Waals surface area contributed by atoms with Crippen LogP contribution in [0.15, 0.2) is 24.4 Å². The Morgan fingerprint density at radius 3 is 2.71 bits per heavy atom. The number of ether oxygens (including phenoxy) is 1. The van der Waals surface area contributed by atoms with E-state index in [0.29, 0.717) is 5.92 Å². The Hall–Kier alpha value is -1.44. The van der Waals surface area contributed by atoms with Crippen LogP contribution in [0.4, 0.5) is 0 Å². The second-order valence-electron chi connectivity index (χ2n) is 3.78. The van der Waals surface area contributed by atoms with Gasteiger partial charge in [-0.15, -0.1) is 0 Å². The van der Waals surface area contributed by atoms with Crippen molar-refractivity contribution < 1.29 is 4.74 Å². The van der Waals surface area contributed by atoms with Gasteiger partial charge in [-0.2, -0.15) is 0 Å². The van der Waals surface area contributed by atoms with Gasteiger partial charge in [-0.3, -0.25) is 0 Å². The fourth-order valence-corrected chi connectivity index (χ4v) is 1.80. The molecule has 0 saturated heterocycles. The highest BCUT2D eigenvalue weighted by atomic mass is 16.5. The summed E-state index contributed by atoms with van der Waals surface area (Å²) in [5.74, 6) is 1.45. The van der Waals surface area contributed by atoms with Crippen molar-refractivity contribution >= 4 is 10.9 Å². The molecule has 1 heterocycles. The first kappa shape index (κ1) is 9.13. The molecule has 1 aromatic heterocycles. The molecule has 0 amide bonds. The molecule has 0 aliphatic rings. The van der Waals surface area contributed by atoms with Crippen LogP contribution < -0.4 is 4.74 Å². The fourth-order valence-electron chi connectivity index (χ4n) is 1.80. The van der Waals surface area contributed by atoms with Crippen molar-refractivity contribution in [1.82, 2.24) is 4.98 Å². The van der Waals surface area contributed by atoms with Gasteiger partial charge in [-0.1, -0.05) is 26.0 Å². The molecule has 2 heteroatoms. The van der Waals surface area contributed by atoms with Crippen LogP contribution in [0.5, 0.6) is 5.75 Å². The van der Waals surface area contributed by atoms with E-state index >= 15 is 0 Å². The summed E-state index contributed by atoms with van der Waals surface area (Å²) in [6.07, 6.45) is 2.07. The molecule has 0 unspecified atom stereocenters. The summed E-state index contributed by atoms with van der Waals surface area (Å²) in [7, 11) is 1.70.